The number of hydrogen-bond acceptors (Lipinski definition) is 2. The third-order valence-electron chi connectivity index (χ3n) is 1.78. The van der Waals surface area contributed by atoms with Crippen LogP contribution in [0.3, 0.4) is 0 Å². The Kier molecular flexibility index (Phi) is 2.05. The molecule has 1 fully saturated rings. The van der Waals surface area contributed by atoms with Gasteiger partial charge in [-0.2, -0.15) is 0 Å². The highest BCUT2D eigenvalue weighted by atomic mass is 32.2. The van der Waals surface area contributed by atoms with E-state index in [1.807, 2.05) is 6.92 Å². The van der Waals surface area contributed by atoms with Gasteiger partial charge in [0.15, 0.2) is 5.12 Å². The van der Waals surface area contributed by atoms with Gasteiger partial charge in [-0.1, -0.05) is 17.7 Å². The van der Waals surface area contributed by atoms with E-state index < -0.39 is 0 Å². The summed E-state index contributed by atoms with van der Waals surface area (Å²) in [6.07, 6.45) is 6.81. The van der Waals surface area contributed by atoms with Crippen LogP contribution < -0.4 is 0 Å². The molecule has 0 bridgehead atoms. The fourth-order valence-corrected chi connectivity index (χ4v) is 1.83. The van der Waals surface area contributed by atoms with E-state index in [4.69, 9.17) is 6.42 Å². The van der Waals surface area contributed by atoms with E-state index in [0.29, 0.717) is 6.42 Å². The first kappa shape index (κ1) is 7.68. The molecule has 0 aromatic carbocycles. The second-order valence-corrected chi connectivity index (χ2v) is 3.90. The molecule has 0 radical (unpaired) electrons. The van der Waals surface area contributed by atoms with Crippen LogP contribution in [-0.2, 0) is 4.79 Å². The summed E-state index contributed by atoms with van der Waals surface area (Å²) in [5, 5.41) is 0.285. The highest BCUT2D eigenvalue weighted by molar-refractivity contribution is 8.13. The number of hydrogen-bond donors (Lipinski definition) is 0. The quantitative estimate of drug-likeness (QED) is 0.494. The predicted molar refractivity (Wildman–Crippen MR) is 43.6 cm³/mol. The van der Waals surface area contributed by atoms with Crippen molar-refractivity contribution in [2.75, 3.05) is 5.75 Å². The monoisotopic (exact) mass is 154 g/mol. The van der Waals surface area contributed by atoms with E-state index >= 15 is 0 Å². The van der Waals surface area contributed by atoms with Gasteiger partial charge < -0.3 is 0 Å². The second-order valence-electron chi connectivity index (χ2n) is 2.87. The minimum Gasteiger partial charge on any atom is -0.287 e. The first-order valence-electron chi connectivity index (χ1n) is 3.30. The maximum atomic E-state index is 10.8. The SMILES string of the molecule is C#CC1(C)CCC(=O)SC1. The molecular weight excluding hydrogens is 144 g/mol. The lowest BCUT2D eigenvalue weighted by molar-refractivity contribution is -0.111. The average molecular weight is 154 g/mol. The first-order chi connectivity index (χ1) is 4.66. The van der Waals surface area contributed by atoms with E-state index in [0.717, 1.165) is 12.2 Å². The lowest BCUT2D eigenvalue weighted by Crippen LogP contribution is -2.23. The maximum absolute atomic E-state index is 10.8. The topological polar surface area (TPSA) is 17.1 Å². The zero-order chi connectivity index (χ0) is 7.61. The van der Waals surface area contributed by atoms with E-state index in [2.05, 4.69) is 5.92 Å². The summed E-state index contributed by atoms with van der Waals surface area (Å²) in [6.45, 7) is 2.03. The lowest BCUT2D eigenvalue weighted by Gasteiger charge is -2.26. The first-order valence-corrected chi connectivity index (χ1v) is 4.28. The molecule has 1 unspecified atom stereocenters. The van der Waals surface area contributed by atoms with Gasteiger partial charge in [-0.05, 0) is 13.3 Å². The zero-order valence-corrected chi connectivity index (χ0v) is 6.83. The molecule has 10 heavy (non-hydrogen) atoms. The fourth-order valence-electron chi connectivity index (χ4n) is 0.876. The molecule has 0 N–H and O–H groups in total. The number of rotatable bonds is 0. The number of carbonyl (C=O) groups is 1. The van der Waals surface area contributed by atoms with Crippen molar-refractivity contribution >= 4 is 16.9 Å². The van der Waals surface area contributed by atoms with Crippen LogP contribution in [0.4, 0.5) is 0 Å². The van der Waals surface area contributed by atoms with Gasteiger partial charge in [-0.3, -0.25) is 4.79 Å². The van der Waals surface area contributed by atoms with Crippen molar-refractivity contribution < 1.29 is 4.79 Å². The molecule has 54 valence electrons. The maximum Gasteiger partial charge on any atom is 0.189 e. The van der Waals surface area contributed by atoms with Crippen molar-refractivity contribution in [3.63, 3.8) is 0 Å². The van der Waals surface area contributed by atoms with E-state index in [1.165, 1.54) is 11.8 Å². The summed E-state index contributed by atoms with van der Waals surface area (Å²) in [6, 6.07) is 0. The Labute approximate surface area is 65.6 Å². The summed E-state index contributed by atoms with van der Waals surface area (Å²) in [4.78, 5) is 10.8. The Hall–Kier alpha value is -0.420. The highest BCUT2D eigenvalue weighted by Crippen LogP contribution is 2.33. The van der Waals surface area contributed by atoms with Crippen molar-refractivity contribution in [1.82, 2.24) is 0 Å². The van der Waals surface area contributed by atoms with Crippen LogP contribution in [0.25, 0.3) is 0 Å². The number of terminal acetylenes is 1. The van der Waals surface area contributed by atoms with Crippen LogP contribution in [0.5, 0.6) is 0 Å². The van der Waals surface area contributed by atoms with Crippen LogP contribution in [0, 0.1) is 17.8 Å². The summed E-state index contributed by atoms with van der Waals surface area (Å²) in [5.41, 5.74) is -0.0292. The van der Waals surface area contributed by atoms with Crippen LogP contribution in [-0.4, -0.2) is 10.9 Å². The van der Waals surface area contributed by atoms with Gasteiger partial charge in [0.25, 0.3) is 0 Å². The Morgan fingerprint density at radius 3 is 2.90 bits per heavy atom. The molecule has 0 saturated carbocycles. The van der Waals surface area contributed by atoms with Crippen LogP contribution in [0.1, 0.15) is 19.8 Å². The van der Waals surface area contributed by atoms with Crippen LogP contribution in [0.15, 0.2) is 0 Å². The van der Waals surface area contributed by atoms with Crippen molar-refractivity contribution in [2.24, 2.45) is 5.41 Å². The van der Waals surface area contributed by atoms with Crippen LogP contribution >= 0.6 is 11.8 Å². The molecule has 1 rings (SSSR count). The van der Waals surface area contributed by atoms with Gasteiger partial charge in [0, 0.05) is 17.6 Å². The summed E-state index contributed by atoms with van der Waals surface area (Å²) in [5.74, 6) is 3.52. The van der Waals surface area contributed by atoms with Gasteiger partial charge in [0.2, 0.25) is 0 Å². The molecule has 1 aliphatic rings. The predicted octanol–water partition coefficient (Wildman–Crippen LogP) is 1.68. The molecule has 1 heterocycles. The normalized spacial score (nSPS) is 33.4. The molecule has 0 aliphatic carbocycles. The third kappa shape index (κ3) is 1.54. The molecule has 1 saturated heterocycles. The van der Waals surface area contributed by atoms with Gasteiger partial charge >= 0.3 is 0 Å². The molecular formula is C8H10OS. The molecule has 0 aromatic heterocycles. The average Bonchev–Trinajstić information content (AvgIpc) is 1.96. The smallest absolute Gasteiger partial charge is 0.189 e. The van der Waals surface area contributed by atoms with Gasteiger partial charge in [0.05, 0.1) is 0 Å². The zero-order valence-electron chi connectivity index (χ0n) is 6.02. The second kappa shape index (κ2) is 2.67. The Morgan fingerprint density at radius 2 is 2.50 bits per heavy atom. The van der Waals surface area contributed by atoms with Gasteiger partial charge in [-0.15, -0.1) is 6.42 Å². The molecule has 2 heteroatoms. The minimum atomic E-state index is -0.0292. The lowest BCUT2D eigenvalue weighted by atomic mass is 9.88. The number of thioether (sulfide) groups is 1. The van der Waals surface area contributed by atoms with Crippen LogP contribution in [0.2, 0.25) is 0 Å². The summed E-state index contributed by atoms with van der Waals surface area (Å²) in [7, 11) is 0. The van der Waals surface area contributed by atoms with Gasteiger partial charge in [-0.25, -0.2) is 0 Å². The van der Waals surface area contributed by atoms with E-state index in [9.17, 15) is 4.79 Å². The Balaban J connectivity index is 2.56. The van der Waals surface area contributed by atoms with E-state index in [-0.39, 0.29) is 10.5 Å². The summed E-state index contributed by atoms with van der Waals surface area (Å²) < 4.78 is 0. The van der Waals surface area contributed by atoms with Gasteiger partial charge in [0.1, 0.15) is 0 Å². The summed E-state index contributed by atoms with van der Waals surface area (Å²) >= 11 is 1.37. The number of carbonyl (C=O) groups excluding carboxylic acids is 1. The highest BCUT2D eigenvalue weighted by Gasteiger charge is 2.28. The largest absolute Gasteiger partial charge is 0.287 e. The Bertz CT molecular complexity index is 180. The minimum absolute atomic E-state index is 0.0292. The van der Waals surface area contributed by atoms with Crippen molar-refractivity contribution in [1.29, 1.82) is 0 Å². The third-order valence-corrected chi connectivity index (χ3v) is 3.09. The molecule has 0 spiro atoms. The van der Waals surface area contributed by atoms with E-state index in [1.54, 1.807) is 0 Å². The van der Waals surface area contributed by atoms with Crippen molar-refractivity contribution in [3.8, 4) is 12.3 Å². The fraction of sp³-hybridized carbons (Fsp3) is 0.625. The molecule has 0 amide bonds. The van der Waals surface area contributed by atoms with Crippen molar-refractivity contribution in [2.45, 2.75) is 19.8 Å². The molecule has 0 aromatic rings. The standard InChI is InChI=1S/C8H10OS/c1-3-8(2)5-4-7(9)10-6-8/h1H,4-6H2,2H3. The molecule has 1 atom stereocenters. The molecule has 1 nitrogen and oxygen atoms in total. The Morgan fingerprint density at radius 1 is 1.80 bits per heavy atom. The van der Waals surface area contributed by atoms with Crippen molar-refractivity contribution in [3.05, 3.63) is 0 Å². The molecule has 1 aliphatic heterocycles.